The third-order valence-electron chi connectivity index (χ3n) is 2.44. The normalized spacial score (nSPS) is 28.1. The number of fused-ring (bicyclic) bond motifs is 1. The van der Waals surface area contributed by atoms with Crippen LogP contribution < -0.4 is 10.6 Å². The molecule has 1 saturated heterocycles. The molecule has 2 N–H and O–H groups in total. The van der Waals surface area contributed by atoms with Gasteiger partial charge in [0.05, 0.1) is 0 Å². The zero-order chi connectivity index (χ0) is 10.7. The Morgan fingerprint density at radius 3 is 3.47 bits per heavy atom. The Hall–Kier alpha value is -1.00. The van der Waals surface area contributed by atoms with Crippen LogP contribution in [-0.2, 0) is 4.79 Å². The van der Waals surface area contributed by atoms with Crippen LogP contribution in [0.3, 0.4) is 0 Å². The summed E-state index contributed by atoms with van der Waals surface area (Å²) < 4.78 is 0. The van der Waals surface area contributed by atoms with Crippen molar-refractivity contribution < 1.29 is 4.79 Å². The third kappa shape index (κ3) is 2.33. The second-order valence-corrected chi connectivity index (χ2v) is 4.65. The lowest BCUT2D eigenvalue weighted by atomic mass is 10.0. The van der Waals surface area contributed by atoms with E-state index < -0.39 is 0 Å². The molecular formula is C11H14N2OS. The first kappa shape index (κ1) is 10.5. The van der Waals surface area contributed by atoms with Gasteiger partial charge in [-0.1, -0.05) is 24.3 Å². The van der Waals surface area contributed by atoms with Gasteiger partial charge in [-0.05, 0) is 0 Å². The Morgan fingerprint density at radius 1 is 1.80 bits per heavy atom. The van der Waals surface area contributed by atoms with E-state index in [1.54, 1.807) is 6.08 Å². The Kier molecular flexibility index (Phi) is 3.28. The minimum atomic E-state index is -0.0166. The largest absolute Gasteiger partial charge is 0.349 e. The number of hydrogen-bond donors (Lipinski definition) is 2. The molecule has 0 radical (unpaired) electrons. The van der Waals surface area contributed by atoms with Crippen molar-refractivity contribution >= 4 is 17.7 Å². The van der Waals surface area contributed by atoms with Crippen molar-refractivity contribution in [1.29, 1.82) is 0 Å². The minimum absolute atomic E-state index is 0.0166. The van der Waals surface area contributed by atoms with Crippen LogP contribution in [0.1, 0.15) is 0 Å². The van der Waals surface area contributed by atoms with Gasteiger partial charge in [0, 0.05) is 29.3 Å². The number of nitrogens with one attached hydrogen (secondary N) is 2. The molecular weight excluding hydrogens is 208 g/mol. The highest BCUT2D eigenvalue weighted by Gasteiger charge is 2.27. The summed E-state index contributed by atoms with van der Waals surface area (Å²) in [6, 6.07) is 0.394. The summed E-state index contributed by atoms with van der Waals surface area (Å²) in [6.45, 7) is 4.08. The van der Waals surface area contributed by atoms with E-state index in [4.69, 9.17) is 0 Å². The van der Waals surface area contributed by atoms with Gasteiger partial charge in [0.15, 0.2) is 0 Å². The van der Waals surface area contributed by atoms with Gasteiger partial charge in [-0.25, -0.2) is 0 Å². The number of rotatable bonds is 3. The summed E-state index contributed by atoms with van der Waals surface area (Å²) in [7, 11) is 0. The highest BCUT2D eigenvalue weighted by Crippen LogP contribution is 2.27. The van der Waals surface area contributed by atoms with Gasteiger partial charge < -0.3 is 10.6 Å². The van der Waals surface area contributed by atoms with E-state index in [0.29, 0.717) is 17.8 Å². The fraction of sp³-hybridized carbons (Fsp3) is 0.364. The molecule has 1 aliphatic carbocycles. The number of carbonyl (C=O) groups excluding carboxylic acids is 1. The SMILES string of the molecule is C=CCNC(=O)C1=CC2SCNC2C=C1. The van der Waals surface area contributed by atoms with Crippen LogP contribution in [0.15, 0.2) is 36.5 Å². The maximum atomic E-state index is 11.6. The van der Waals surface area contributed by atoms with Crippen LogP contribution in [-0.4, -0.2) is 29.6 Å². The predicted octanol–water partition coefficient (Wildman–Crippen LogP) is 0.816. The first-order valence-electron chi connectivity index (χ1n) is 4.95. The highest BCUT2D eigenvalue weighted by molar-refractivity contribution is 8.00. The number of amides is 1. The maximum Gasteiger partial charge on any atom is 0.251 e. The fourth-order valence-electron chi connectivity index (χ4n) is 1.65. The van der Waals surface area contributed by atoms with E-state index >= 15 is 0 Å². The summed E-state index contributed by atoms with van der Waals surface area (Å²) in [4.78, 5) is 11.6. The Labute approximate surface area is 93.7 Å². The number of thioether (sulfide) groups is 1. The van der Waals surface area contributed by atoms with Gasteiger partial charge in [0.1, 0.15) is 0 Å². The van der Waals surface area contributed by atoms with E-state index in [1.165, 1.54) is 0 Å². The van der Waals surface area contributed by atoms with Crippen molar-refractivity contribution in [1.82, 2.24) is 10.6 Å². The van der Waals surface area contributed by atoms with E-state index in [9.17, 15) is 4.79 Å². The maximum absolute atomic E-state index is 11.6. The zero-order valence-electron chi connectivity index (χ0n) is 8.40. The monoisotopic (exact) mass is 222 g/mol. The molecule has 1 amide bonds. The van der Waals surface area contributed by atoms with Crippen LogP contribution in [0.25, 0.3) is 0 Å². The molecule has 0 bridgehead atoms. The van der Waals surface area contributed by atoms with Crippen molar-refractivity contribution in [3.8, 4) is 0 Å². The Balaban J connectivity index is 2.01. The first-order chi connectivity index (χ1) is 7.31. The molecule has 80 valence electrons. The van der Waals surface area contributed by atoms with Crippen molar-refractivity contribution in [2.45, 2.75) is 11.3 Å². The molecule has 2 rings (SSSR count). The molecule has 2 atom stereocenters. The summed E-state index contributed by atoms with van der Waals surface area (Å²) >= 11 is 1.83. The molecule has 1 aliphatic heterocycles. The Bertz CT molecular complexity index is 335. The number of hydrogen-bond acceptors (Lipinski definition) is 3. The summed E-state index contributed by atoms with van der Waals surface area (Å²) in [6.07, 6.45) is 7.67. The lowest BCUT2D eigenvalue weighted by Gasteiger charge is -2.17. The van der Waals surface area contributed by atoms with E-state index in [2.05, 4.69) is 23.3 Å². The second-order valence-electron chi connectivity index (χ2n) is 3.49. The molecule has 2 aliphatic rings. The molecule has 2 unspecified atom stereocenters. The standard InChI is InChI=1S/C11H14N2OS/c1-2-5-12-11(14)8-3-4-9-10(6-8)15-7-13-9/h2-4,6,9-10,13H,1,5,7H2,(H,12,14). The molecule has 15 heavy (non-hydrogen) atoms. The van der Waals surface area contributed by atoms with E-state index in [1.807, 2.05) is 23.9 Å². The quantitative estimate of drug-likeness (QED) is 0.695. The van der Waals surface area contributed by atoms with Gasteiger partial charge in [-0.2, -0.15) is 0 Å². The van der Waals surface area contributed by atoms with Crippen LogP contribution in [0, 0.1) is 0 Å². The molecule has 0 aromatic carbocycles. The molecule has 0 saturated carbocycles. The average molecular weight is 222 g/mol. The average Bonchev–Trinajstić information content (AvgIpc) is 2.72. The minimum Gasteiger partial charge on any atom is -0.349 e. The summed E-state index contributed by atoms with van der Waals surface area (Å²) in [5.74, 6) is 0.940. The highest BCUT2D eigenvalue weighted by atomic mass is 32.2. The van der Waals surface area contributed by atoms with Crippen molar-refractivity contribution in [3.63, 3.8) is 0 Å². The van der Waals surface area contributed by atoms with Gasteiger partial charge in [-0.3, -0.25) is 4.79 Å². The first-order valence-corrected chi connectivity index (χ1v) is 6.00. The van der Waals surface area contributed by atoms with Gasteiger partial charge >= 0.3 is 0 Å². The van der Waals surface area contributed by atoms with Crippen LogP contribution in [0.5, 0.6) is 0 Å². The molecule has 3 nitrogen and oxygen atoms in total. The molecule has 1 fully saturated rings. The second kappa shape index (κ2) is 4.68. The molecule has 0 spiro atoms. The van der Waals surface area contributed by atoms with Crippen LogP contribution >= 0.6 is 11.8 Å². The van der Waals surface area contributed by atoms with Crippen LogP contribution in [0.4, 0.5) is 0 Å². The van der Waals surface area contributed by atoms with Gasteiger partial charge in [0.25, 0.3) is 5.91 Å². The number of carbonyl (C=O) groups is 1. The van der Waals surface area contributed by atoms with E-state index in [-0.39, 0.29) is 5.91 Å². The molecule has 1 heterocycles. The zero-order valence-corrected chi connectivity index (χ0v) is 9.22. The summed E-state index contributed by atoms with van der Waals surface area (Å²) in [5.41, 5.74) is 0.759. The van der Waals surface area contributed by atoms with Crippen molar-refractivity contribution in [2.75, 3.05) is 12.4 Å². The summed E-state index contributed by atoms with van der Waals surface area (Å²) in [5, 5.41) is 6.52. The van der Waals surface area contributed by atoms with Crippen molar-refractivity contribution in [2.24, 2.45) is 0 Å². The third-order valence-corrected chi connectivity index (χ3v) is 3.59. The predicted molar refractivity (Wildman–Crippen MR) is 63.6 cm³/mol. The molecule has 4 heteroatoms. The Morgan fingerprint density at radius 2 is 2.67 bits per heavy atom. The van der Waals surface area contributed by atoms with Crippen LogP contribution in [0.2, 0.25) is 0 Å². The topological polar surface area (TPSA) is 41.1 Å². The lowest BCUT2D eigenvalue weighted by molar-refractivity contribution is -0.117. The molecule has 0 aromatic heterocycles. The fourth-order valence-corrected chi connectivity index (χ4v) is 2.77. The van der Waals surface area contributed by atoms with Crippen molar-refractivity contribution in [3.05, 3.63) is 36.5 Å². The molecule has 0 aromatic rings. The smallest absolute Gasteiger partial charge is 0.251 e. The van der Waals surface area contributed by atoms with Gasteiger partial charge in [-0.15, -0.1) is 18.3 Å². The van der Waals surface area contributed by atoms with E-state index in [0.717, 1.165) is 11.4 Å². The lowest BCUT2D eigenvalue weighted by Crippen LogP contribution is -2.31. The van der Waals surface area contributed by atoms with Gasteiger partial charge in [0.2, 0.25) is 0 Å².